The Labute approximate surface area is 107 Å². The van der Waals surface area contributed by atoms with Gasteiger partial charge >= 0.3 is 0 Å². The normalized spacial score (nSPS) is 24.3. The number of aliphatic hydroxyl groups is 1. The minimum Gasteiger partial charge on any atom is -0.462 e. The first-order chi connectivity index (χ1) is 8.65. The molecule has 1 heterocycles. The van der Waals surface area contributed by atoms with Crippen LogP contribution in [0.25, 0.3) is 6.08 Å². The molecule has 0 saturated heterocycles. The first-order valence-corrected chi connectivity index (χ1v) is 6.38. The minimum absolute atomic E-state index is 0.116. The Morgan fingerprint density at radius 3 is 2.89 bits per heavy atom. The molecular formula is C14H19NO3. The molecule has 1 aliphatic carbocycles. The summed E-state index contributed by atoms with van der Waals surface area (Å²) >= 11 is 0. The average molecular weight is 249 g/mol. The van der Waals surface area contributed by atoms with Crippen LogP contribution in [0.15, 0.2) is 22.6 Å². The third-order valence-electron chi connectivity index (χ3n) is 3.22. The van der Waals surface area contributed by atoms with Crippen LogP contribution in [0.4, 0.5) is 0 Å². The van der Waals surface area contributed by atoms with Crippen LogP contribution in [-0.4, -0.2) is 23.2 Å². The number of carbonyl (C=O) groups excluding carboxylic acids is 1. The number of amides is 1. The van der Waals surface area contributed by atoms with Crippen LogP contribution < -0.4 is 5.32 Å². The van der Waals surface area contributed by atoms with Crippen molar-refractivity contribution in [2.75, 3.05) is 0 Å². The molecule has 2 atom stereocenters. The summed E-state index contributed by atoms with van der Waals surface area (Å²) in [6, 6.07) is 3.55. The molecular weight excluding hydrogens is 230 g/mol. The van der Waals surface area contributed by atoms with E-state index in [1.54, 1.807) is 6.08 Å². The van der Waals surface area contributed by atoms with Gasteiger partial charge in [0.15, 0.2) is 0 Å². The van der Waals surface area contributed by atoms with E-state index >= 15 is 0 Å². The van der Waals surface area contributed by atoms with Gasteiger partial charge in [-0.05, 0) is 38.0 Å². The summed E-state index contributed by atoms with van der Waals surface area (Å²) in [5, 5.41) is 12.6. The highest BCUT2D eigenvalue weighted by atomic mass is 16.3. The van der Waals surface area contributed by atoms with E-state index < -0.39 is 6.10 Å². The Bertz CT molecular complexity index is 436. The van der Waals surface area contributed by atoms with E-state index in [1.165, 1.54) is 6.08 Å². The van der Waals surface area contributed by atoms with Crippen molar-refractivity contribution >= 4 is 12.0 Å². The maximum Gasteiger partial charge on any atom is 0.244 e. The van der Waals surface area contributed by atoms with Crippen molar-refractivity contribution in [3.63, 3.8) is 0 Å². The van der Waals surface area contributed by atoms with Gasteiger partial charge < -0.3 is 14.8 Å². The molecule has 98 valence electrons. The fourth-order valence-electron chi connectivity index (χ4n) is 2.21. The lowest BCUT2D eigenvalue weighted by molar-refractivity contribution is -0.118. The van der Waals surface area contributed by atoms with Gasteiger partial charge in [0.05, 0.1) is 12.1 Å². The van der Waals surface area contributed by atoms with Crippen molar-refractivity contribution in [2.24, 2.45) is 0 Å². The van der Waals surface area contributed by atoms with Crippen LogP contribution in [0, 0.1) is 6.92 Å². The second-order valence-corrected chi connectivity index (χ2v) is 4.75. The van der Waals surface area contributed by atoms with Crippen molar-refractivity contribution in [1.82, 2.24) is 5.32 Å². The molecule has 1 aliphatic rings. The number of aryl methyl sites for hydroxylation is 1. The predicted octanol–water partition coefficient (Wildman–Crippen LogP) is 2.02. The number of nitrogens with one attached hydrogen (secondary N) is 1. The molecule has 1 aromatic heterocycles. The molecule has 0 spiro atoms. The maximum atomic E-state index is 11.7. The molecule has 0 radical (unpaired) electrons. The molecule has 18 heavy (non-hydrogen) atoms. The molecule has 1 fully saturated rings. The molecule has 1 aromatic rings. The van der Waals surface area contributed by atoms with Gasteiger partial charge in [0.2, 0.25) is 5.91 Å². The van der Waals surface area contributed by atoms with Crippen molar-refractivity contribution in [3.05, 3.63) is 29.7 Å². The van der Waals surface area contributed by atoms with Crippen molar-refractivity contribution < 1.29 is 14.3 Å². The highest BCUT2D eigenvalue weighted by Gasteiger charge is 2.23. The Balaban J connectivity index is 1.86. The largest absolute Gasteiger partial charge is 0.462 e. The Kier molecular flexibility index (Phi) is 4.20. The van der Waals surface area contributed by atoms with E-state index in [2.05, 4.69) is 5.32 Å². The van der Waals surface area contributed by atoms with Crippen molar-refractivity contribution in [1.29, 1.82) is 0 Å². The highest BCUT2D eigenvalue weighted by Crippen LogP contribution is 2.18. The number of hydrogen-bond donors (Lipinski definition) is 2. The smallest absolute Gasteiger partial charge is 0.244 e. The van der Waals surface area contributed by atoms with Crippen LogP contribution >= 0.6 is 0 Å². The molecule has 2 rings (SSSR count). The Morgan fingerprint density at radius 1 is 1.44 bits per heavy atom. The van der Waals surface area contributed by atoms with E-state index in [0.29, 0.717) is 5.76 Å². The number of carbonyl (C=O) groups is 1. The second kappa shape index (κ2) is 5.87. The highest BCUT2D eigenvalue weighted by molar-refractivity contribution is 5.91. The number of rotatable bonds is 3. The third-order valence-corrected chi connectivity index (χ3v) is 3.22. The summed E-state index contributed by atoms with van der Waals surface area (Å²) < 4.78 is 5.33. The molecule has 0 bridgehead atoms. The Hall–Kier alpha value is -1.55. The SMILES string of the molecule is Cc1ccc(/C=C/C(=O)NC2CCCCC2O)o1. The lowest BCUT2D eigenvalue weighted by atomic mass is 9.92. The molecule has 0 aromatic carbocycles. The average Bonchev–Trinajstić information content (AvgIpc) is 2.76. The zero-order valence-electron chi connectivity index (χ0n) is 10.6. The van der Waals surface area contributed by atoms with E-state index in [-0.39, 0.29) is 11.9 Å². The molecule has 1 amide bonds. The Morgan fingerprint density at radius 2 is 2.22 bits per heavy atom. The van der Waals surface area contributed by atoms with E-state index in [4.69, 9.17) is 4.42 Å². The monoisotopic (exact) mass is 249 g/mol. The van der Waals surface area contributed by atoms with E-state index in [9.17, 15) is 9.90 Å². The van der Waals surface area contributed by atoms with Gasteiger partial charge in [0, 0.05) is 6.08 Å². The van der Waals surface area contributed by atoms with Gasteiger partial charge in [-0.1, -0.05) is 12.8 Å². The maximum absolute atomic E-state index is 11.7. The van der Waals surface area contributed by atoms with Gasteiger partial charge in [0.1, 0.15) is 11.5 Å². The number of hydrogen-bond acceptors (Lipinski definition) is 3. The van der Waals surface area contributed by atoms with Crippen LogP contribution in [0.2, 0.25) is 0 Å². The number of aliphatic hydroxyl groups excluding tert-OH is 1. The molecule has 2 unspecified atom stereocenters. The van der Waals surface area contributed by atoms with Gasteiger partial charge in [-0.15, -0.1) is 0 Å². The standard InChI is InChI=1S/C14H19NO3/c1-10-6-7-11(18-10)8-9-14(17)15-12-4-2-3-5-13(12)16/h6-9,12-13,16H,2-5H2,1H3,(H,15,17)/b9-8+. The topological polar surface area (TPSA) is 62.5 Å². The van der Waals surface area contributed by atoms with E-state index in [0.717, 1.165) is 31.4 Å². The van der Waals surface area contributed by atoms with Gasteiger partial charge in [0.25, 0.3) is 0 Å². The third kappa shape index (κ3) is 3.47. The minimum atomic E-state index is -0.415. The lowest BCUT2D eigenvalue weighted by Gasteiger charge is -2.27. The first kappa shape index (κ1) is 12.9. The number of furan rings is 1. The predicted molar refractivity (Wildman–Crippen MR) is 68.9 cm³/mol. The zero-order chi connectivity index (χ0) is 13.0. The zero-order valence-corrected chi connectivity index (χ0v) is 10.6. The van der Waals surface area contributed by atoms with Gasteiger partial charge in [-0.3, -0.25) is 4.79 Å². The van der Waals surface area contributed by atoms with Crippen LogP contribution in [0.5, 0.6) is 0 Å². The van der Waals surface area contributed by atoms with Gasteiger partial charge in [-0.2, -0.15) is 0 Å². The van der Waals surface area contributed by atoms with Crippen LogP contribution in [-0.2, 0) is 4.79 Å². The van der Waals surface area contributed by atoms with Crippen LogP contribution in [0.3, 0.4) is 0 Å². The fourth-order valence-corrected chi connectivity index (χ4v) is 2.21. The second-order valence-electron chi connectivity index (χ2n) is 4.75. The summed E-state index contributed by atoms with van der Waals surface area (Å²) in [6.45, 7) is 1.86. The van der Waals surface area contributed by atoms with E-state index in [1.807, 2.05) is 19.1 Å². The summed E-state index contributed by atoms with van der Waals surface area (Å²) in [5.74, 6) is 1.29. The summed E-state index contributed by atoms with van der Waals surface area (Å²) in [5.41, 5.74) is 0. The van der Waals surface area contributed by atoms with Crippen molar-refractivity contribution in [3.8, 4) is 0 Å². The van der Waals surface area contributed by atoms with Crippen LogP contribution in [0.1, 0.15) is 37.2 Å². The summed E-state index contributed by atoms with van der Waals surface area (Å²) in [6.07, 6.45) is 6.38. The fraction of sp³-hybridized carbons (Fsp3) is 0.500. The quantitative estimate of drug-likeness (QED) is 0.806. The summed E-state index contributed by atoms with van der Waals surface area (Å²) in [7, 11) is 0. The molecule has 0 aliphatic heterocycles. The molecule has 1 saturated carbocycles. The first-order valence-electron chi connectivity index (χ1n) is 6.38. The van der Waals surface area contributed by atoms with Crippen molar-refractivity contribution in [2.45, 2.75) is 44.8 Å². The molecule has 4 heteroatoms. The molecule has 4 nitrogen and oxygen atoms in total. The van der Waals surface area contributed by atoms with Gasteiger partial charge in [-0.25, -0.2) is 0 Å². The summed E-state index contributed by atoms with van der Waals surface area (Å²) in [4.78, 5) is 11.7. The molecule has 2 N–H and O–H groups in total. The lowest BCUT2D eigenvalue weighted by Crippen LogP contribution is -2.44.